The predicted molar refractivity (Wildman–Crippen MR) is 136 cm³/mol. The Kier molecular flexibility index (Phi) is 4.99. The van der Waals surface area contributed by atoms with Crippen LogP contribution >= 0.6 is 11.8 Å². The van der Waals surface area contributed by atoms with Crippen molar-refractivity contribution >= 4 is 16.8 Å². The molecule has 0 saturated carbocycles. The van der Waals surface area contributed by atoms with Gasteiger partial charge < -0.3 is 0 Å². The SMILES string of the molecule is C[C@H](c1ccccc1)[C@@H]1C=C2N=C(c3ccccc3)S[C@@H]2n2c(=O)n(-c3ccccc3)c(=O)n21. The van der Waals surface area contributed by atoms with Crippen molar-refractivity contribution in [3.8, 4) is 5.69 Å². The van der Waals surface area contributed by atoms with Crippen molar-refractivity contribution in [2.75, 3.05) is 0 Å². The molecule has 6 rings (SSSR count). The first-order valence-corrected chi connectivity index (χ1v) is 12.1. The molecular weight excluding hydrogens is 444 g/mol. The highest BCUT2D eigenvalue weighted by molar-refractivity contribution is 8.14. The second kappa shape index (κ2) is 8.18. The average molecular weight is 467 g/mol. The number of hydrogen-bond donors (Lipinski definition) is 0. The van der Waals surface area contributed by atoms with E-state index in [1.54, 1.807) is 21.5 Å². The van der Waals surface area contributed by atoms with Crippen LogP contribution in [0.25, 0.3) is 5.69 Å². The molecule has 3 heterocycles. The van der Waals surface area contributed by atoms with E-state index in [9.17, 15) is 9.59 Å². The maximum Gasteiger partial charge on any atom is 0.353 e. The Bertz CT molecular complexity index is 1530. The second-order valence-corrected chi connectivity index (χ2v) is 9.53. The van der Waals surface area contributed by atoms with Gasteiger partial charge in [0.25, 0.3) is 0 Å². The van der Waals surface area contributed by atoms with Gasteiger partial charge in [0.15, 0.2) is 0 Å². The molecule has 0 unspecified atom stereocenters. The van der Waals surface area contributed by atoms with Gasteiger partial charge in [0.2, 0.25) is 0 Å². The van der Waals surface area contributed by atoms with Crippen LogP contribution in [0.15, 0.2) is 117 Å². The lowest BCUT2D eigenvalue weighted by atomic mass is 9.92. The Balaban J connectivity index is 1.55. The molecule has 0 bridgehead atoms. The molecule has 4 aromatic rings. The van der Waals surface area contributed by atoms with Crippen LogP contribution in [0.5, 0.6) is 0 Å². The van der Waals surface area contributed by atoms with Crippen LogP contribution in [0.2, 0.25) is 0 Å². The van der Waals surface area contributed by atoms with Crippen LogP contribution in [0.1, 0.15) is 35.4 Å². The number of allylic oxidation sites excluding steroid dienone is 1. The summed E-state index contributed by atoms with van der Waals surface area (Å²) in [6.07, 6.45) is 2.06. The summed E-state index contributed by atoms with van der Waals surface area (Å²) in [6, 6.07) is 28.8. The fourth-order valence-electron chi connectivity index (χ4n) is 4.68. The molecule has 3 atom stereocenters. The zero-order chi connectivity index (χ0) is 23.2. The number of fused-ring (bicyclic) bond motifs is 3. The van der Waals surface area contributed by atoms with Crippen LogP contribution in [0.4, 0.5) is 0 Å². The first-order chi connectivity index (χ1) is 16.6. The summed E-state index contributed by atoms with van der Waals surface area (Å²) in [5.41, 5.74) is 2.77. The Morgan fingerprint density at radius 2 is 1.38 bits per heavy atom. The van der Waals surface area contributed by atoms with Gasteiger partial charge in [0, 0.05) is 11.5 Å². The summed E-state index contributed by atoms with van der Waals surface area (Å²) in [5.74, 6) is -0.0365. The predicted octanol–water partition coefficient (Wildman–Crippen LogP) is 4.74. The van der Waals surface area contributed by atoms with Gasteiger partial charge in [0.1, 0.15) is 10.4 Å². The molecule has 2 aliphatic heterocycles. The van der Waals surface area contributed by atoms with E-state index in [4.69, 9.17) is 4.99 Å². The Labute approximate surface area is 200 Å². The standard InChI is InChI=1S/C27H22N4O2S/c1-18(19-11-5-2-6-12-19)23-17-22-25(34-24(28-22)20-13-7-3-8-14-20)31-27(33)29(26(32)30(23)31)21-15-9-4-10-16-21/h2-18,23,25H,1H3/t18-,23+,25+/m1/s1. The number of benzene rings is 3. The maximum atomic E-state index is 13.8. The zero-order valence-corrected chi connectivity index (χ0v) is 19.3. The largest absolute Gasteiger partial charge is 0.353 e. The number of thioether (sulfide) groups is 1. The summed E-state index contributed by atoms with van der Waals surface area (Å²) in [6.45, 7) is 2.09. The lowest BCUT2D eigenvalue weighted by molar-refractivity contribution is 0.353. The molecule has 1 aromatic heterocycles. The van der Waals surface area contributed by atoms with Gasteiger partial charge >= 0.3 is 11.4 Å². The first-order valence-electron chi connectivity index (χ1n) is 11.2. The molecular formula is C27H22N4O2S. The van der Waals surface area contributed by atoms with Crippen LogP contribution in [0.3, 0.4) is 0 Å². The molecule has 0 radical (unpaired) electrons. The van der Waals surface area contributed by atoms with Gasteiger partial charge in [-0.1, -0.05) is 97.5 Å². The third-order valence-electron chi connectivity index (χ3n) is 6.43. The molecule has 0 saturated heterocycles. The van der Waals surface area contributed by atoms with Gasteiger partial charge in [-0.25, -0.2) is 28.5 Å². The molecule has 0 aliphatic carbocycles. The van der Waals surface area contributed by atoms with Gasteiger partial charge in [0.05, 0.1) is 17.4 Å². The molecule has 7 heteroatoms. The molecule has 0 N–H and O–H groups in total. The fraction of sp³-hybridized carbons (Fsp3) is 0.148. The number of rotatable bonds is 4. The van der Waals surface area contributed by atoms with Crippen molar-refractivity contribution in [3.05, 3.63) is 135 Å². The Morgan fingerprint density at radius 3 is 2.06 bits per heavy atom. The van der Waals surface area contributed by atoms with Crippen molar-refractivity contribution in [2.45, 2.75) is 24.3 Å². The third kappa shape index (κ3) is 3.23. The summed E-state index contributed by atoms with van der Waals surface area (Å²) in [7, 11) is 0. The summed E-state index contributed by atoms with van der Waals surface area (Å²) >= 11 is 1.50. The number of hydrogen-bond acceptors (Lipinski definition) is 4. The van der Waals surface area contributed by atoms with Gasteiger partial charge in [-0.15, -0.1) is 0 Å². The number of aromatic nitrogens is 3. The molecule has 34 heavy (non-hydrogen) atoms. The first kappa shape index (κ1) is 20.7. The topological polar surface area (TPSA) is 61.3 Å². The Morgan fingerprint density at radius 1 is 0.794 bits per heavy atom. The van der Waals surface area contributed by atoms with Crippen LogP contribution < -0.4 is 11.4 Å². The minimum absolute atomic E-state index is 0.0365. The molecule has 0 amide bonds. The molecule has 2 aliphatic rings. The smallest absolute Gasteiger partial charge is 0.245 e. The van der Waals surface area contributed by atoms with Crippen molar-refractivity contribution in [1.29, 1.82) is 0 Å². The van der Waals surface area contributed by atoms with E-state index < -0.39 is 0 Å². The van der Waals surface area contributed by atoms with E-state index in [0.29, 0.717) is 5.69 Å². The Hall–Kier alpha value is -3.84. The number of aliphatic imine (C=N–C) groups is 1. The molecule has 0 spiro atoms. The van der Waals surface area contributed by atoms with E-state index in [1.165, 1.54) is 16.3 Å². The van der Waals surface area contributed by atoms with Gasteiger partial charge in [-0.2, -0.15) is 0 Å². The van der Waals surface area contributed by atoms with E-state index in [2.05, 4.69) is 25.1 Å². The van der Waals surface area contributed by atoms with E-state index in [-0.39, 0.29) is 28.7 Å². The highest BCUT2D eigenvalue weighted by atomic mass is 32.2. The highest BCUT2D eigenvalue weighted by Gasteiger charge is 2.40. The quantitative estimate of drug-likeness (QED) is 0.437. The average Bonchev–Trinajstić information content (AvgIpc) is 3.43. The monoisotopic (exact) mass is 466 g/mol. The van der Waals surface area contributed by atoms with Crippen molar-refractivity contribution in [2.24, 2.45) is 4.99 Å². The minimum Gasteiger partial charge on any atom is -0.245 e. The minimum atomic E-state index is -0.389. The van der Waals surface area contributed by atoms with Gasteiger partial charge in [-0.05, 0) is 23.8 Å². The maximum absolute atomic E-state index is 13.8. The second-order valence-electron chi connectivity index (χ2n) is 8.46. The lowest BCUT2D eigenvalue weighted by Gasteiger charge is -2.30. The van der Waals surface area contributed by atoms with Crippen LogP contribution in [0, 0.1) is 0 Å². The molecule has 6 nitrogen and oxygen atoms in total. The van der Waals surface area contributed by atoms with E-state index in [1.807, 2.05) is 66.7 Å². The van der Waals surface area contributed by atoms with Crippen molar-refractivity contribution in [1.82, 2.24) is 13.9 Å². The molecule has 168 valence electrons. The van der Waals surface area contributed by atoms with E-state index in [0.717, 1.165) is 21.9 Å². The summed E-state index contributed by atoms with van der Waals surface area (Å²) in [4.78, 5) is 32.4. The lowest BCUT2D eigenvalue weighted by Crippen LogP contribution is -2.37. The molecule has 0 fully saturated rings. The molecule has 3 aromatic carbocycles. The van der Waals surface area contributed by atoms with Crippen LogP contribution in [-0.2, 0) is 0 Å². The van der Waals surface area contributed by atoms with E-state index >= 15 is 0 Å². The summed E-state index contributed by atoms with van der Waals surface area (Å²) in [5, 5.41) is 0.461. The van der Waals surface area contributed by atoms with Crippen molar-refractivity contribution in [3.63, 3.8) is 0 Å². The third-order valence-corrected chi connectivity index (χ3v) is 7.65. The van der Waals surface area contributed by atoms with Gasteiger partial charge in [-0.3, -0.25) is 0 Å². The fourth-order valence-corrected chi connectivity index (χ4v) is 5.87. The summed E-state index contributed by atoms with van der Waals surface area (Å²) < 4.78 is 4.49. The zero-order valence-electron chi connectivity index (χ0n) is 18.5. The van der Waals surface area contributed by atoms with Crippen molar-refractivity contribution < 1.29 is 0 Å². The number of nitrogens with zero attached hydrogens (tertiary/aromatic N) is 4. The van der Waals surface area contributed by atoms with Crippen LogP contribution in [-0.4, -0.2) is 19.0 Å². The number of para-hydroxylation sites is 1. The normalized spacial score (nSPS) is 19.7. The highest BCUT2D eigenvalue weighted by Crippen LogP contribution is 2.45.